The standard InChI is InChI=1S/C18H16N4O/c23-12-6-5-11-7-8-22-16(13(11)9-12)10-19-17-18(22)21-15-4-2-1-3-14(15)20-17/h1-6,9,16,23H,7-8,10H2,(H,19,20). The number of benzene rings is 2. The van der Waals surface area contributed by atoms with Gasteiger partial charge in [-0.2, -0.15) is 0 Å². The van der Waals surface area contributed by atoms with Crippen molar-refractivity contribution in [1.29, 1.82) is 0 Å². The average Bonchev–Trinajstić information content (AvgIpc) is 2.59. The van der Waals surface area contributed by atoms with E-state index in [2.05, 4.69) is 10.2 Å². The molecule has 2 aromatic carbocycles. The van der Waals surface area contributed by atoms with Crippen LogP contribution in [0, 0.1) is 0 Å². The first-order valence-corrected chi connectivity index (χ1v) is 7.89. The molecule has 23 heavy (non-hydrogen) atoms. The van der Waals surface area contributed by atoms with Crippen molar-refractivity contribution in [2.24, 2.45) is 0 Å². The normalized spacial score (nSPS) is 18.8. The molecule has 0 bridgehead atoms. The molecule has 0 radical (unpaired) electrons. The first-order valence-electron chi connectivity index (χ1n) is 7.89. The maximum absolute atomic E-state index is 9.85. The minimum Gasteiger partial charge on any atom is -0.508 e. The molecule has 2 aliphatic rings. The van der Waals surface area contributed by atoms with Crippen molar-refractivity contribution < 1.29 is 5.11 Å². The molecule has 0 saturated heterocycles. The van der Waals surface area contributed by atoms with Gasteiger partial charge in [-0.15, -0.1) is 0 Å². The van der Waals surface area contributed by atoms with Crippen molar-refractivity contribution in [2.45, 2.75) is 12.5 Å². The maximum Gasteiger partial charge on any atom is 0.172 e. The number of phenols is 1. The molecule has 2 aliphatic heterocycles. The Morgan fingerprint density at radius 3 is 2.78 bits per heavy atom. The lowest BCUT2D eigenvalue weighted by Crippen LogP contribution is -2.43. The van der Waals surface area contributed by atoms with Gasteiger partial charge in [-0.1, -0.05) is 18.2 Å². The van der Waals surface area contributed by atoms with Gasteiger partial charge in [0.25, 0.3) is 0 Å². The number of anilines is 2. The van der Waals surface area contributed by atoms with Crippen molar-refractivity contribution in [2.75, 3.05) is 23.3 Å². The van der Waals surface area contributed by atoms with Crippen LogP contribution in [-0.2, 0) is 6.42 Å². The van der Waals surface area contributed by atoms with E-state index in [1.807, 2.05) is 36.4 Å². The van der Waals surface area contributed by atoms with E-state index in [1.165, 1.54) is 11.1 Å². The Morgan fingerprint density at radius 2 is 1.91 bits per heavy atom. The molecule has 0 amide bonds. The summed E-state index contributed by atoms with van der Waals surface area (Å²) in [4.78, 5) is 11.9. The second-order valence-electron chi connectivity index (χ2n) is 6.11. The largest absolute Gasteiger partial charge is 0.508 e. The van der Waals surface area contributed by atoms with Crippen LogP contribution >= 0.6 is 0 Å². The molecule has 5 rings (SSSR count). The minimum absolute atomic E-state index is 0.189. The van der Waals surface area contributed by atoms with Crippen LogP contribution in [0.1, 0.15) is 17.2 Å². The highest BCUT2D eigenvalue weighted by Gasteiger charge is 2.34. The van der Waals surface area contributed by atoms with Crippen LogP contribution in [0.2, 0.25) is 0 Å². The first kappa shape index (κ1) is 12.7. The Bertz CT molecular complexity index is 924. The molecular weight excluding hydrogens is 288 g/mol. The number of nitrogens with one attached hydrogen (secondary N) is 1. The number of rotatable bonds is 0. The zero-order valence-electron chi connectivity index (χ0n) is 12.5. The number of fused-ring (bicyclic) bond motifs is 6. The SMILES string of the molecule is Oc1ccc2c(c1)C1CNc3nc4ccccc4nc3N1CC2. The molecule has 0 aliphatic carbocycles. The lowest BCUT2D eigenvalue weighted by Gasteiger charge is -2.42. The van der Waals surface area contributed by atoms with E-state index >= 15 is 0 Å². The number of para-hydroxylation sites is 2. The van der Waals surface area contributed by atoms with Gasteiger partial charge in [-0.05, 0) is 41.8 Å². The van der Waals surface area contributed by atoms with E-state index in [0.29, 0.717) is 5.75 Å². The second kappa shape index (κ2) is 4.59. The summed E-state index contributed by atoms with van der Waals surface area (Å²) in [6, 6.07) is 13.8. The smallest absolute Gasteiger partial charge is 0.172 e. The molecule has 2 N–H and O–H groups in total. The molecule has 1 unspecified atom stereocenters. The first-order chi connectivity index (χ1) is 11.3. The van der Waals surface area contributed by atoms with Gasteiger partial charge in [-0.3, -0.25) is 0 Å². The third kappa shape index (κ3) is 1.86. The summed E-state index contributed by atoms with van der Waals surface area (Å²) in [7, 11) is 0. The van der Waals surface area contributed by atoms with Gasteiger partial charge < -0.3 is 15.3 Å². The van der Waals surface area contributed by atoms with Crippen LogP contribution in [-0.4, -0.2) is 28.2 Å². The number of hydrogen-bond acceptors (Lipinski definition) is 5. The highest BCUT2D eigenvalue weighted by molar-refractivity contribution is 5.81. The van der Waals surface area contributed by atoms with Crippen LogP contribution in [0.4, 0.5) is 11.6 Å². The minimum atomic E-state index is 0.189. The molecule has 1 aromatic heterocycles. The van der Waals surface area contributed by atoms with Crippen LogP contribution in [0.5, 0.6) is 5.75 Å². The summed E-state index contributed by atoms with van der Waals surface area (Å²) in [6.07, 6.45) is 0.958. The fraction of sp³-hybridized carbons (Fsp3) is 0.222. The van der Waals surface area contributed by atoms with Crippen molar-refractivity contribution in [3.63, 3.8) is 0 Å². The van der Waals surface area contributed by atoms with Crippen LogP contribution in [0.25, 0.3) is 11.0 Å². The Hall–Kier alpha value is -2.82. The van der Waals surface area contributed by atoms with Gasteiger partial charge in [0.05, 0.1) is 17.1 Å². The predicted octanol–water partition coefficient (Wildman–Crippen LogP) is 2.86. The Balaban J connectivity index is 1.66. The van der Waals surface area contributed by atoms with Gasteiger partial charge in [0, 0.05) is 13.1 Å². The zero-order valence-corrected chi connectivity index (χ0v) is 12.5. The second-order valence-corrected chi connectivity index (χ2v) is 6.11. The van der Waals surface area contributed by atoms with E-state index in [1.54, 1.807) is 6.07 Å². The molecule has 5 nitrogen and oxygen atoms in total. The molecule has 3 heterocycles. The van der Waals surface area contributed by atoms with Gasteiger partial charge in [0.1, 0.15) is 5.75 Å². The zero-order chi connectivity index (χ0) is 15.4. The lowest BCUT2D eigenvalue weighted by atomic mass is 9.91. The van der Waals surface area contributed by atoms with Gasteiger partial charge in [0.15, 0.2) is 11.6 Å². The van der Waals surface area contributed by atoms with Crippen molar-refractivity contribution in [3.8, 4) is 5.75 Å². The lowest BCUT2D eigenvalue weighted by molar-refractivity contribution is 0.471. The van der Waals surface area contributed by atoms with E-state index < -0.39 is 0 Å². The third-order valence-corrected chi connectivity index (χ3v) is 4.77. The predicted molar refractivity (Wildman–Crippen MR) is 89.9 cm³/mol. The average molecular weight is 304 g/mol. The summed E-state index contributed by atoms with van der Waals surface area (Å²) in [5.74, 6) is 2.08. The number of aromatic nitrogens is 2. The Kier molecular flexibility index (Phi) is 2.53. The third-order valence-electron chi connectivity index (χ3n) is 4.77. The van der Waals surface area contributed by atoms with Gasteiger partial charge in [-0.25, -0.2) is 9.97 Å². The summed E-state index contributed by atoms with van der Waals surface area (Å²) in [5, 5.41) is 13.3. The molecule has 114 valence electrons. The highest BCUT2D eigenvalue weighted by atomic mass is 16.3. The van der Waals surface area contributed by atoms with E-state index in [4.69, 9.17) is 9.97 Å². The Morgan fingerprint density at radius 1 is 1.09 bits per heavy atom. The molecule has 0 saturated carbocycles. The summed E-state index contributed by atoms with van der Waals surface area (Å²) >= 11 is 0. The van der Waals surface area contributed by atoms with Crippen LogP contribution < -0.4 is 10.2 Å². The molecule has 0 fully saturated rings. The quantitative estimate of drug-likeness (QED) is 0.669. The van der Waals surface area contributed by atoms with Gasteiger partial charge >= 0.3 is 0 Å². The highest BCUT2D eigenvalue weighted by Crippen LogP contribution is 2.40. The monoisotopic (exact) mass is 304 g/mol. The molecule has 1 atom stereocenters. The van der Waals surface area contributed by atoms with Crippen LogP contribution in [0.15, 0.2) is 42.5 Å². The van der Waals surface area contributed by atoms with Crippen molar-refractivity contribution >= 4 is 22.7 Å². The number of hydrogen-bond donors (Lipinski definition) is 2. The van der Waals surface area contributed by atoms with E-state index in [9.17, 15) is 5.11 Å². The number of aromatic hydroxyl groups is 1. The van der Waals surface area contributed by atoms with Crippen molar-refractivity contribution in [3.05, 3.63) is 53.6 Å². The molecular formula is C18H16N4O. The van der Waals surface area contributed by atoms with E-state index in [-0.39, 0.29) is 6.04 Å². The fourth-order valence-electron chi connectivity index (χ4n) is 3.66. The van der Waals surface area contributed by atoms with Crippen LogP contribution in [0.3, 0.4) is 0 Å². The van der Waals surface area contributed by atoms with Crippen molar-refractivity contribution in [1.82, 2.24) is 9.97 Å². The molecule has 3 aromatic rings. The number of nitrogens with zero attached hydrogens (tertiary/aromatic N) is 3. The summed E-state index contributed by atoms with van der Waals surface area (Å²) in [6.45, 7) is 1.70. The number of phenolic OH excluding ortho intramolecular Hbond substituents is 1. The van der Waals surface area contributed by atoms with Gasteiger partial charge in [0.2, 0.25) is 0 Å². The molecule has 5 heteroatoms. The van der Waals surface area contributed by atoms with E-state index in [0.717, 1.165) is 42.2 Å². The molecule has 0 spiro atoms. The topological polar surface area (TPSA) is 61.3 Å². The Labute approximate surface area is 133 Å². The summed E-state index contributed by atoms with van der Waals surface area (Å²) in [5.41, 5.74) is 4.31. The summed E-state index contributed by atoms with van der Waals surface area (Å²) < 4.78 is 0. The maximum atomic E-state index is 9.85. The fourth-order valence-corrected chi connectivity index (χ4v) is 3.66.